The highest BCUT2D eigenvalue weighted by Crippen LogP contribution is 2.37. The number of ether oxygens (including phenoxy) is 1. The molecule has 2 aromatic rings. The van der Waals surface area contributed by atoms with Crippen molar-refractivity contribution in [3.63, 3.8) is 0 Å². The molecule has 28 heavy (non-hydrogen) atoms. The second kappa shape index (κ2) is 7.29. The fourth-order valence-corrected chi connectivity index (χ4v) is 4.53. The van der Waals surface area contributed by atoms with E-state index in [-0.39, 0.29) is 11.7 Å². The van der Waals surface area contributed by atoms with Crippen LogP contribution in [0, 0.1) is 11.3 Å². The third kappa shape index (κ3) is 3.25. The summed E-state index contributed by atoms with van der Waals surface area (Å²) in [6.07, 6.45) is 1.30. The van der Waals surface area contributed by atoms with Gasteiger partial charge in [-0.05, 0) is 17.5 Å². The van der Waals surface area contributed by atoms with E-state index in [9.17, 15) is 10.1 Å². The van der Waals surface area contributed by atoms with Crippen LogP contribution >= 0.6 is 0 Å². The van der Waals surface area contributed by atoms with Crippen LogP contribution in [0.1, 0.15) is 24.0 Å². The molecule has 1 atom stereocenters. The topological polar surface area (TPSA) is 56.6 Å². The Morgan fingerprint density at radius 3 is 2.18 bits per heavy atom. The summed E-state index contributed by atoms with van der Waals surface area (Å²) in [7, 11) is 1.78. The molecule has 2 aliphatic heterocycles. The van der Waals surface area contributed by atoms with Crippen LogP contribution in [-0.4, -0.2) is 54.7 Å². The standard InChI is InChI=1S/C23H25N3O2/c1-25-17-22(28-21(25)27)12-14-26(18-22)15-13-23(16-24,19-8-4-2-5-9-19)20-10-6-3-7-11-20/h2-11H,12-15,17-18H2,1H3/t22-/m1/s1. The number of likely N-dealkylation sites (N-methyl/N-ethyl adjacent to an activating group) is 1. The third-order valence-electron chi connectivity index (χ3n) is 6.06. The molecule has 2 heterocycles. The lowest BCUT2D eigenvalue weighted by Crippen LogP contribution is -2.38. The second-order valence-corrected chi connectivity index (χ2v) is 7.93. The Kier molecular flexibility index (Phi) is 4.82. The van der Waals surface area contributed by atoms with Crippen molar-refractivity contribution in [2.75, 3.05) is 33.2 Å². The molecule has 5 heteroatoms. The van der Waals surface area contributed by atoms with Crippen LogP contribution in [0.3, 0.4) is 0 Å². The summed E-state index contributed by atoms with van der Waals surface area (Å²) in [6.45, 7) is 3.03. The van der Waals surface area contributed by atoms with Crippen molar-refractivity contribution in [1.29, 1.82) is 5.26 Å². The first-order valence-corrected chi connectivity index (χ1v) is 9.76. The fourth-order valence-electron chi connectivity index (χ4n) is 4.53. The number of amides is 1. The van der Waals surface area contributed by atoms with Gasteiger partial charge in [-0.2, -0.15) is 5.26 Å². The molecule has 0 bridgehead atoms. The van der Waals surface area contributed by atoms with Gasteiger partial charge in [0.05, 0.1) is 12.6 Å². The maximum absolute atomic E-state index is 11.8. The molecule has 144 valence electrons. The van der Waals surface area contributed by atoms with Gasteiger partial charge in [0.2, 0.25) is 0 Å². The molecule has 0 N–H and O–H groups in total. The summed E-state index contributed by atoms with van der Waals surface area (Å²) < 4.78 is 5.66. The van der Waals surface area contributed by atoms with Gasteiger partial charge in [-0.1, -0.05) is 60.7 Å². The van der Waals surface area contributed by atoms with Crippen molar-refractivity contribution in [1.82, 2.24) is 9.80 Å². The van der Waals surface area contributed by atoms with Gasteiger partial charge >= 0.3 is 6.09 Å². The molecule has 0 radical (unpaired) electrons. The molecule has 0 aliphatic carbocycles. The smallest absolute Gasteiger partial charge is 0.410 e. The molecule has 2 fully saturated rings. The van der Waals surface area contributed by atoms with Crippen LogP contribution in [-0.2, 0) is 10.2 Å². The Hall–Kier alpha value is -2.84. The normalized spacial score (nSPS) is 22.4. The highest BCUT2D eigenvalue weighted by Gasteiger charge is 2.48. The van der Waals surface area contributed by atoms with E-state index in [4.69, 9.17) is 4.74 Å². The van der Waals surface area contributed by atoms with Crippen LogP contribution < -0.4 is 0 Å². The summed E-state index contributed by atoms with van der Waals surface area (Å²) in [5, 5.41) is 10.3. The Balaban J connectivity index is 1.55. The molecule has 2 aromatic carbocycles. The zero-order valence-corrected chi connectivity index (χ0v) is 16.2. The summed E-state index contributed by atoms with van der Waals surface area (Å²) in [4.78, 5) is 15.8. The van der Waals surface area contributed by atoms with Crippen molar-refractivity contribution in [2.45, 2.75) is 23.9 Å². The van der Waals surface area contributed by atoms with E-state index in [1.54, 1.807) is 11.9 Å². The number of carbonyl (C=O) groups is 1. The molecule has 1 spiro atoms. The zero-order chi connectivity index (χ0) is 19.6. The fraction of sp³-hybridized carbons (Fsp3) is 0.391. The number of carbonyl (C=O) groups excluding carboxylic acids is 1. The minimum Gasteiger partial charge on any atom is -0.439 e. The van der Waals surface area contributed by atoms with Crippen molar-refractivity contribution >= 4 is 6.09 Å². The number of benzene rings is 2. The molecule has 0 unspecified atom stereocenters. The molecule has 0 aromatic heterocycles. The van der Waals surface area contributed by atoms with E-state index in [2.05, 4.69) is 11.0 Å². The first-order chi connectivity index (χ1) is 13.6. The lowest BCUT2D eigenvalue weighted by molar-refractivity contribution is 0.0630. The molecule has 0 saturated carbocycles. The van der Waals surface area contributed by atoms with Gasteiger partial charge in [-0.3, -0.25) is 4.90 Å². The van der Waals surface area contributed by atoms with E-state index < -0.39 is 5.41 Å². The van der Waals surface area contributed by atoms with E-state index in [1.807, 2.05) is 60.7 Å². The monoisotopic (exact) mass is 375 g/mol. The first kappa shape index (κ1) is 18.5. The molecule has 1 amide bonds. The van der Waals surface area contributed by atoms with Gasteiger partial charge in [0.25, 0.3) is 0 Å². The van der Waals surface area contributed by atoms with Crippen molar-refractivity contribution in [2.24, 2.45) is 0 Å². The minimum atomic E-state index is -0.693. The van der Waals surface area contributed by atoms with Crippen LogP contribution in [0.25, 0.3) is 0 Å². The van der Waals surface area contributed by atoms with Crippen LogP contribution in [0.15, 0.2) is 60.7 Å². The number of nitrogens with zero attached hydrogens (tertiary/aromatic N) is 3. The average Bonchev–Trinajstić information content (AvgIpc) is 3.25. The Morgan fingerprint density at radius 2 is 1.68 bits per heavy atom. The third-order valence-corrected chi connectivity index (χ3v) is 6.06. The molecule has 4 rings (SSSR count). The molecule has 5 nitrogen and oxygen atoms in total. The first-order valence-electron chi connectivity index (χ1n) is 9.76. The van der Waals surface area contributed by atoms with Crippen molar-refractivity contribution < 1.29 is 9.53 Å². The van der Waals surface area contributed by atoms with Gasteiger partial charge in [-0.25, -0.2) is 4.79 Å². The number of nitriles is 1. The van der Waals surface area contributed by atoms with Gasteiger partial charge < -0.3 is 9.64 Å². The maximum atomic E-state index is 11.8. The molecule has 2 aliphatic rings. The summed E-state index contributed by atoms with van der Waals surface area (Å²) in [6, 6.07) is 22.7. The zero-order valence-electron chi connectivity index (χ0n) is 16.2. The van der Waals surface area contributed by atoms with Crippen LogP contribution in [0.4, 0.5) is 4.79 Å². The second-order valence-electron chi connectivity index (χ2n) is 7.93. The number of likely N-dealkylation sites (tertiary alicyclic amines) is 1. The van der Waals surface area contributed by atoms with E-state index in [0.29, 0.717) is 13.0 Å². The highest BCUT2D eigenvalue weighted by molar-refractivity contribution is 5.70. The van der Waals surface area contributed by atoms with Crippen molar-refractivity contribution in [3.05, 3.63) is 71.8 Å². The SMILES string of the molecule is CN1C[C@@]2(CCN(CCC(C#N)(c3ccccc3)c3ccccc3)C2)OC1=O. The predicted octanol–water partition coefficient (Wildman–Crippen LogP) is 3.41. The number of hydrogen-bond acceptors (Lipinski definition) is 4. The molecular formula is C23H25N3O2. The molecule has 2 saturated heterocycles. The lowest BCUT2D eigenvalue weighted by Gasteiger charge is -2.30. The highest BCUT2D eigenvalue weighted by atomic mass is 16.6. The van der Waals surface area contributed by atoms with Crippen molar-refractivity contribution in [3.8, 4) is 6.07 Å². The quantitative estimate of drug-likeness (QED) is 0.804. The van der Waals surface area contributed by atoms with Gasteiger partial charge in [0.15, 0.2) is 0 Å². The van der Waals surface area contributed by atoms with Crippen LogP contribution in [0.5, 0.6) is 0 Å². The van der Waals surface area contributed by atoms with Gasteiger partial charge in [-0.15, -0.1) is 0 Å². The molecular weight excluding hydrogens is 350 g/mol. The largest absolute Gasteiger partial charge is 0.439 e. The average molecular weight is 375 g/mol. The van der Waals surface area contributed by atoms with Gasteiger partial charge in [0.1, 0.15) is 11.0 Å². The Morgan fingerprint density at radius 1 is 1.07 bits per heavy atom. The Bertz CT molecular complexity index is 838. The minimum absolute atomic E-state index is 0.234. The summed E-state index contributed by atoms with van der Waals surface area (Å²) in [5.74, 6) is 0. The maximum Gasteiger partial charge on any atom is 0.410 e. The summed E-state index contributed by atoms with van der Waals surface area (Å²) >= 11 is 0. The number of hydrogen-bond donors (Lipinski definition) is 0. The predicted molar refractivity (Wildman–Crippen MR) is 107 cm³/mol. The number of rotatable bonds is 5. The van der Waals surface area contributed by atoms with Gasteiger partial charge in [0, 0.05) is 33.1 Å². The van der Waals surface area contributed by atoms with E-state index in [0.717, 1.165) is 37.2 Å². The summed E-state index contributed by atoms with van der Waals surface area (Å²) in [5.41, 5.74) is 0.955. The van der Waals surface area contributed by atoms with E-state index >= 15 is 0 Å². The lowest BCUT2D eigenvalue weighted by atomic mass is 9.73. The van der Waals surface area contributed by atoms with Crippen LogP contribution in [0.2, 0.25) is 0 Å². The Labute approximate surface area is 166 Å². The van der Waals surface area contributed by atoms with E-state index in [1.165, 1.54) is 0 Å².